The van der Waals surface area contributed by atoms with Crippen LogP contribution >= 0.6 is 0 Å². The van der Waals surface area contributed by atoms with Crippen LogP contribution < -0.4 is 4.90 Å². The van der Waals surface area contributed by atoms with Crippen LogP contribution in [0, 0.1) is 0 Å². The Morgan fingerprint density at radius 1 is 1.43 bits per heavy atom. The van der Waals surface area contributed by atoms with Crippen molar-refractivity contribution in [1.82, 2.24) is 14.9 Å². The molecule has 7 heteroatoms. The Hall–Kier alpha value is -2.18. The first-order valence-electron chi connectivity index (χ1n) is 7.10. The molecule has 1 aromatic rings. The maximum Gasteiger partial charge on any atom is 0.303 e. The monoisotopic (exact) mass is 292 g/mol. The van der Waals surface area contributed by atoms with E-state index in [2.05, 4.69) is 9.97 Å². The van der Waals surface area contributed by atoms with Gasteiger partial charge in [-0.2, -0.15) is 0 Å². The molecule has 0 radical (unpaired) electrons. The molecule has 1 aliphatic rings. The van der Waals surface area contributed by atoms with E-state index in [9.17, 15) is 9.59 Å². The van der Waals surface area contributed by atoms with Crippen molar-refractivity contribution in [2.45, 2.75) is 31.7 Å². The SMILES string of the molecule is CN(CCCC(=O)O)C(=O)C1CCCN1c1ncccn1. The molecule has 2 rings (SSSR count). The first-order chi connectivity index (χ1) is 10.1. The molecule has 0 aliphatic carbocycles. The van der Waals surface area contributed by atoms with Crippen LogP contribution in [0.2, 0.25) is 0 Å². The quantitative estimate of drug-likeness (QED) is 0.833. The van der Waals surface area contributed by atoms with E-state index in [1.54, 1.807) is 30.4 Å². The Morgan fingerprint density at radius 3 is 2.81 bits per heavy atom. The Kier molecular flexibility index (Phi) is 5.08. The second-order valence-electron chi connectivity index (χ2n) is 5.16. The van der Waals surface area contributed by atoms with E-state index in [-0.39, 0.29) is 18.4 Å². The number of anilines is 1. The highest BCUT2D eigenvalue weighted by atomic mass is 16.4. The van der Waals surface area contributed by atoms with E-state index < -0.39 is 5.97 Å². The third-order valence-corrected chi connectivity index (χ3v) is 3.61. The summed E-state index contributed by atoms with van der Waals surface area (Å²) in [4.78, 5) is 34.9. The van der Waals surface area contributed by atoms with Gasteiger partial charge in [0.05, 0.1) is 0 Å². The average molecular weight is 292 g/mol. The second kappa shape index (κ2) is 7.01. The van der Waals surface area contributed by atoms with Crippen molar-refractivity contribution < 1.29 is 14.7 Å². The molecule has 1 aromatic heterocycles. The van der Waals surface area contributed by atoms with Crippen molar-refractivity contribution >= 4 is 17.8 Å². The molecule has 21 heavy (non-hydrogen) atoms. The average Bonchev–Trinajstić information content (AvgIpc) is 2.96. The minimum atomic E-state index is -0.837. The van der Waals surface area contributed by atoms with E-state index in [1.807, 2.05) is 4.90 Å². The normalized spacial score (nSPS) is 17.8. The molecular weight excluding hydrogens is 272 g/mol. The maximum absolute atomic E-state index is 12.5. The van der Waals surface area contributed by atoms with E-state index >= 15 is 0 Å². The lowest BCUT2D eigenvalue weighted by Gasteiger charge is -2.27. The highest BCUT2D eigenvalue weighted by Gasteiger charge is 2.33. The van der Waals surface area contributed by atoms with Gasteiger partial charge in [0.2, 0.25) is 11.9 Å². The van der Waals surface area contributed by atoms with E-state index in [4.69, 9.17) is 5.11 Å². The lowest BCUT2D eigenvalue weighted by atomic mass is 10.2. The molecule has 1 unspecified atom stereocenters. The fourth-order valence-corrected chi connectivity index (χ4v) is 2.53. The van der Waals surface area contributed by atoms with Crippen molar-refractivity contribution in [2.24, 2.45) is 0 Å². The van der Waals surface area contributed by atoms with Gasteiger partial charge in [-0.25, -0.2) is 9.97 Å². The summed E-state index contributed by atoms with van der Waals surface area (Å²) in [6.07, 6.45) is 5.58. The molecule has 0 aromatic carbocycles. The maximum atomic E-state index is 12.5. The van der Waals surface area contributed by atoms with Gasteiger partial charge in [0.1, 0.15) is 6.04 Å². The number of aliphatic carboxylic acids is 1. The van der Waals surface area contributed by atoms with Crippen molar-refractivity contribution in [2.75, 3.05) is 25.0 Å². The third kappa shape index (κ3) is 3.90. The Balaban J connectivity index is 1.96. The number of amides is 1. The van der Waals surface area contributed by atoms with Gasteiger partial charge >= 0.3 is 5.97 Å². The molecule has 114 valence electrons. The second-order valence-corrected chi connectivity index (χ2v) is 5.16. The van der Waals surface area contributed by atoms with Crippen molar-refractivity contribution in [3.8, 4) is 0 Å². The fourth-order valence-electron chi connectivity index (χ4n) is 2.53. The molecule has 7 nitrogen and oxygen atoms in total. The Bertz CT molecular complexity index is 494. The smallest absolute Gasteiger partial charge is 0.303 e. The number of carbonyl (C=O) groups excluding carboxylic acids is 1. The molecule has 1 atom stereocenters. The Morgan fingerprint density at radius 2 is 2.14 bits per heavy atom. The minimum absolute atomic E-state index is 0.00495. The number of aromatic nitrogens is 2. The molecule has 0 spiro atoms. The zero-order valence-electron chi connectivity index (χ0n) is 12.1. The van der Waals surface area contributed by atoms with E-state index in [0.717, 1.165) is 19.4 Å². The number of rotatable bonds is 6. The number of likely N-dealkylation sites (N-methyl/N-ethyl adjacent to an activating group) is 1. The number of carbonyl (C=O) groups is 2. The lowest BCUT2D eigenvalue weighted by molar-refractivity contribution is -0.138. The van der Waals surface area contributed by atoms with Crippen molar-refractivity contribution in [1.29, 1.82) is 0 Å². The fraction of sp³-hybridized carbons (Fsp3) is 0.571. The van der Waals surface area contributed by atoms with Crippen LogP contribution in [0.1, 0.15) is 25.7 Å². The van der Waals surface area contributed by atoms with Crippen molar-refractivity contribution in [3.05, 3.63) is 18.5 Å². The molecule has 1 saturated heterocycles. The number of nitrogens with zero attached hydrogens (tertiary/aromatic N) is 4. The molecule has 2 heterocycles. The van der Waals surface area contributed by atoms with Gasteiger partial charge in [-0.05, 0) is 25.3 Å². The number of hydrogen-bond donors (Lipinski definition) is 1. The van der Waals surface area contributed by atoms with Gasteiger partial charge in [0, 0.05) is 39.0 Å². The van der Waals surface area contributed by atoms with Crippen LogP contribution in [-0.4, -0.2) is 58.0 Å². The lowest BCUT2D eigenvalue weighted by Crippen LogP contribution is -2.45. The van der Waals surface area contributed by atoms with Gasteiger partial charge in [-0.1, -0.05) is 0 Å². The molecule has 1 N–H and O–H groups in total. The van der Waals surface area contributed by atoms with Crippen LogP contribution in [0.15, 0.2) is 18.5 Å². The summed E-state index contributed by atoms with van der Waals surface area (Å²) in [5.74, 6) is -0.256. The number of carboxylic acids is 1. The predicted octanol–water partition coefficient (Wildman–Crippen LogP) is 0.769. The third-order valence-electron chi connectivity index (χ3n) is 3.61. The molecular formula is C14H20N4O3. The standard InChI is InChI=1S/C14H20N4O3/c1-17(9-3-6-12(19)20)13(21)11-5-2-10-18(11)14-15-7-4-8-16-14/h4,7-8,11H,2-3,5-6,9-10H2,1H3,(H,19,20). The molecule has 1 aliphatic heterocycles. The van der Waals surface area contributed by atoms with Crippen molar-refractivity contribution in [3.63, 3.8) is 0 Å². The number of carboxylic acid groups (broad SMARTS) is 1. The van der Waals surface area contributed by atoms with Gasteiger partial charge in [-0.3, -0.25) is 9.59 Å². The molecule has 1 fully saturated rings. The van der Waals surface area contributed by atoms with Crippen LogP contribution in [0.5, 0.6) is 0 Å². The topological polar surface area (TPSA) is 86.6 Å². The first kappa shape index (κ1) is 15.2. The van der Waals surface area contributed by atoms with Crippen LogP contribution in [0.25, 0.3) is 0 Å². The van der Waals surface area contributed by atoms with Gasteiger partial charge < -0.3 is 14.9 Å². The number of hydrogen-bond acceptors (Lipinski definition) is 5. The van der Waals surface area contributed by atoms with Crippen LogP contribution in [-0.2, 0) is 9.59 Å². The van der Waals surface area contributed by atoms with Crippen LogP contribution in [0.4, 0.5) is 5.95 Å². The summed E-state index contributed by atoms with van der Waals surface area (Å²) in [5.41, 5.74) is 0. The summed E-state index contributed by atoms with van der Waals surface area (Å²) < 4.78 is 0. The highest BCUT2D eigenvalue weighted by Crippen LogP contribution is 2.23. The summed E-state index contributed by atoms with van der Waals surface area (Å²) in [6, 6.07) is 1.50. The zero-order chi connectivity index (χ0) is 15.2. The molecule has 0 saturated carbocycles. The van der Waals surface area contributed by atoms with Gasteiger partial charge in [0.15, 0.2) is 0 Å². The van der Waals surface area contributed by atoms with Gasteiger partial charge in [0.25, 0.3) is 0 Å². The largest absolute Gasteiger partial charge is 0.481 e. The van der Waals surface area contributed by atoms with E-state index in [1.165, 1.54) is 0 Å². The highest BCUT2D eigenvalue weighted by molar-refractivity contribution is 5.85. The van der Waals surface area contributed by atoms with Gasteiger partial charge in [-0.15, -0.1) is 0 Å². The summed E-state index contributed by atoms with van der Waals surface area (Å²) in [6.45, 7) is 1.22. The first-order valence-corrected chi connectivity index (χ1v) is 7.10. The Labute approximate surface area is 123 Å². The summed E-state index contributed by atoms with van der Waals surface area (Å²) >= 11 is 0. The molecule has 0 bridgehead atoms. The van der Waals surface area contributed by atoms with E-state index in [0.29, 0.717) is 18.9 Å². The zero-order valence-corrected chi connectivity index (χ0v) is 12.1. The predicted molar refractivity (Wildman–Crippen MR) is 76.9 cm³/mol. The summed E-state index contributed by atoms with van der Waals surface area (Å²) in [7, 11) is 1.71. The van der Waals surface area contributed by atoms with Crippen LogP contribution in [0.3, 0.4) is 0 Å². The molecule has 1 amide bonds. The minimum Gasteiger partial charge on any atom is -0.481 e. The summed E-state index contributed by atoms with van der Waals surface area (Å²) in [5, 5.41) is 8.64.